The Labute approximate surface area is 265 Å². The molecule has 0 aliphatic carbocycles. The van der Waals surface area contributed by atoms with Crippen LogP contribution in [0.15, 0.2) is 70.8 Å². The molecule has 0 spiro atoms. The van der Waals surface area contributed by atoms with E-state index in [9.17, 15) is 30.0 Å². The molecule has 0 atom stereocenters. The van der Waals surface area contributed by atoms with Crippen molar-refractivity contribution in [1.82, 2.24) is 24.2 Å². The van der Waals surface area contributed by atoms with E-state index in [2.05, 4.69) is 20.3 Å². The van der Waals surface area contributed by atoms with Crippen LogP contribution in [0.2, 0.25) is 0 Å². The van der Waals surface area contributed by atoms with Crippen LogP contribution in [-0.4, -0.2) is 86.3 Å². The van der Waals surface area contributed by atoms with E-state index in [4.69, 9.17) is 4.74 Å². The number of benzene rings is 2. The van der Waals surface area contributed by atoms with Gasteiger partial charge in [0.1, 0.15) is 11.7 Å². The molecule has 0 saturated carbocycles. The Kier molecular flexibility index (Phi) is 9.93. The Morgan fingerprint density at radius 3 is 2.35 bits per heavy atom. The maximum absolute atomic E-state index is 13.8. The van der Waals surface area contributed by atoms with Crippen LogP contribution in [0.4, 0.5) is 24.7 Å². The normalized spacial score (nSPS) is 15.0. The second-order valence-electron chi connectivity index (χ2n) is 10.6. The molecular weight excluding hydrogens is 645 g/mol. The van der Waals surface area contributed by atoms with E-state index in [0.29, 0.717) is 37.4 Å². The standard InChI is InChI=1S/C30H33F3N6O5S2/c1-3-14-38(4-2)20-45(40,41)29-36-26-19-21(27-25(30(31,32)33)6-5-13-34-27)7-12-24(26)28(37-29)35-22-8-10-23(11-9-22)46(42,43)39-15-17-44-18-16-39/h5-13,19H,3-4,14-18,20H2,1-2H3,(H,35,36,37). The van der Waals surface area contributed by atoms with Gasteiger partial charge in [-0.2, -0.15) is 17.5 Å². The van der Waals surface area contributed by atoms with Crippen molar-refractivity contribution in [3.05, 3.63) is 66.4 Å². The molecule has 16 heteroatoms. The first-order valence-electron chi connectivity index (χ1n) is 14.6. The number of hydrogen-bond acceptors (Lipinski definition) is 10. The second-order valence-corrected chi connectivity index (χ2v) is 14.4. The van der Waals surface area contributed by atoms with Crippen molar-refractivity contribution in [1.29, 1.82) is 0 Å². The Balaban J connectivity index is 1.57. The number of halogens is 3. The number of nitrogens with one attached hydrogen (secondary N) is 1. The summed E-state index contributed by atoms with van der Waals surface area (Å²) in [7, 11) is -7.82. The summed E-state index contributed by atoms with van der Waals surface area (Å²) in [6.45, 7) is 5.84. The van der Waals surface area contributed by atoms with Gasteiger partial charge >= 0.3 is 6.18 Å². The molecule has 2 aromatic carbocycles. The van der Waals surface area contributed by atoms with E-state index in [-0.39, 0.29) is 46.5 Å². The SMILES string of the molecule is CCCN(CC)CS(=O)(=O)c1nc(Nc2ccc(S(=O)(=O)N3CCOCC3)cc2)c2ccc(-c3ncccc3C(F)(F)F)cc2n1. The van der Waals surface area contributed by atoms with Crippen LogP contribution in [0.5, 0.6) is 0 Å². The highest BCUT2D eigenvalue weighted by Gasteiger charge is 2.34. The molecule has 1 aliphatic rings. The second kappa shape index (κ2) is 13.6. The van der Waals surface area contributed by atoms with E-state index in [1.165, 1.54) is 59.0 Å². The van der Waals surface area contributed by atoms with Crippen molar-refractivity contribution in [2.45, 2.75) is 36.5 Å². The fourth-order valence-corrected chi connectivity index (χ4v) is 7.85. The number of fused-ring (bicyclic) bond motifs is 1. The van der Waals surface area contributed by atoms with Crippen molar-refractivity contribution >= 4 is 42.3 Å². The Morgan fingerprint density at radius 1 is 0.978 bits per heavy atom. The van der Waals surface area contributed by atoms with Crippen LogP contribution >= 0.6 is 0 Å². The monoisotopic (exact) mass is 678 g/mol. The molecule has 0 bridgehead atoms. The summed E-state index contributed by atoms with van der Waals surface area (Å²) in [4.78, 5) is 14.4. The molecule has 11 nitrogen and oxygen atoms in total. The van der Waals surface area contributed by atoms with Crippen LogP contribution in [-0.2, 0) is 30.8 Å². The van der Waals surface area contributed by atoms with Crippen molar-refractivity contribution < 1.29 is 34.7 Å². The zero-order chi connectivity index (χ0) is 33.1. The summed E-state index contributed by atoms with van der Waals surface area (Å²) in [5.74, 6) is -0.274. The van der Waals surface area contributed by atoms with Crippen molar-refractivity contribution in [3.63, 3.8) is 0 Å². The zero-order valence-electron chi connectivity index (χ0n) is 25.2. The lowest BCUT2D eigenvalue weighted by molar-refractivity contribution is -0.137. The predicted molar refractivity (Wildman–Crippen MR) is 167 cm³/mol. The molecule has 2 aromatic heterocycles. The summed E-state index contributed by atoms with van der Waals surface area (Å²) in [5.41, 5.74) is -0.699. The van der Waals surface area contributed by atoms with Gasteiger partial charge in [-0.25, -0.2) is 26.8 Å². The quantitative estimate of drug-likeness (QED) is 0.218. The average Bonchev–Trinajstić information content (AvgIpc) is 3.04. The number of rotatable bonds is 11. The molecule has 0 radical (unpaired) electrons. The summed E-state index contributed by atoms with van der Waals surface area (Å²) < 4.78 is 101. The van der Waals surface area contributed by atoms with Gasteiger partial charge in [0.15, 0.2) is 0 Å². The van der Waals surface area contributed by atoms with E-state index >= 15 is 0 Å². The number of aromatic nitrogens is 3. The van der Waals surface area contributed by atoms with E-state index < -0.39 is 36.8 Å². The maximum Gasteiger partial charge on any atom is 0.418 e. The topological polar surface area (TPSA) is 135 Å². The van der Waals surface area contributed by atoms with Gasteiger partial charge in [-0.15, -0.1) is 0 Å². The minimum atomic E-state index is -4.67. The fourth-order valence-electron chi connectivity index (χ4n) is 5.07. The van der Waals surface area contributed by atoms with Gasteiger partial charge in [0.2, 0.25) is 19.9 Å². The number of hydrogen-bond donors (Lipinski definition) is 1. The van der Waals surface area contributed by atoms with Crippen LogP contribution in [0.3, 0.4) is 0 Å². The molecule has 46 heavy (non-hydrogen) atoms. The lowest BCUT2D eigenvalue weighted by Gasteiger charge is -2.26. The summed E-state index contributed by atoms with van der Waals surface area (Å²) in [6, 6.07) is 12.3. The van der Waals surface area contributed by atoms with Gasteiger partial charge in [-0.1, -0.05) is 19.9 Å². The van der Waals surface area contributed by atoms with Crippen molar-refractivity contribution in [2.24, 2.45) is 0 Å². The van der Waals surface area contributed by atoms with Gasteiger partial charge in [0, 0.05) is 35.9 Å². The number of nitrogens with zero attached hydrogens (tertiary/aromatic N) is 5. The van der Waals surface area contributed by atoms with Crippen LogP contribution in [0.25, 0.3) is 22.2 Å². The van der Waals surface area contributed by atoms with Gasteiger partial charge in [-0.05, 0) is 68.0 Å². The third-order valence-electron chi connectivity index (χ3n) is 7.41. The first-order valence-corrected chi connectivity index (χ1v) is 17.7. The lowest BCUT2D eigenvalue weighted by atomic mass is 10.0. The van der Waals surface area contributed by atoms with Crippen molar-refractivity contribution in [2.75, 3.05) is 50.6 Å². The largest absolute Gasteiger partial charge is 0.418 e. The van der Waals surface area contributed by atoms with Crippen molar-refractivity contribution in [3.8, 4) is 11.3 Å². The smallest absolute Gasteiger partial charge is 0.379 e. The highest BCUT2D eigenvalue weighted by atomic mass is 32.2. The Bertz CT molecular complexity index is 1920. The lowest BCUT2D eigenvalue weighted by Crippen LogP contribution is -2.40. The molecule has 0 unspecified atom stereocenters. The molecule has 246 valence electrons. The number of alkyl halides is 3. The molecule has 1 fully saturated rings. The minimum absolute atomic E-state index is 0.0758. The van der Waals surface area contributed by atoms with Crippen LogP contribution in [0, 0.1) is 0 Å². The van der Waals surface area contributed by atoms with Gasteiger partial charge in [-0.3, -0.25) is 9.88 Å². The number of sulfone groups is 1. The summed E-state index contributed by atoms with van der Waals surface area (Å²) in [5, 5.41) is 2.88. The maximum atomic E-state index is 13.8. The molecule has 3 heterocycles. The summed E-state index contributed by atoms with van der Waals surface area (Å²) in [6.07, 6.45) is -2.70. The first kappa shape index (κ1) is 33.7. The third kappa shape index (κ3) is 7.31. The first-order chi connectivity index (χ1) is 21.8. The Morgan fingerprint density at radius 2 is 1.70 bits per heavy atom. The minimum Gasteiger partial charge on any atom is -0.379 e. The molecule has 1 aliphatic heterocycles. The highest BCUT2D eigenvalue weighted by Crippen LogP contribution is 2.37. The number of ether oxygens (including phenoxy) is 1. The molecule has 1 saturated heterocycles. The number of morpholine rings is 1. The molecule has 5 rings (SSSR count). The highest BCUT2D eigenvalue weighted by molar-refractivity contribution is 7.91. The van der Waals surface area contributed by atoms with E-state index in [0.717, 1.165) is 12.5 Å². The van der Waals surface area contributed by atoms with Gasteiger partial charge < -0.3 is 10.1 Å². The van der Waals surface area contributed by atoms with Gasteiger partial charge in [0.25, 0.3) is 5.16 Å². The van der Waals surface area contributed by atoms with E-state index in [1.54, 1.807) is 4.90 Å². The summed E-state index contributed by atoms with van der Waals surface area (Å²) >= 11 is 0. The number of pyridine rings is 1. The molecule has 0 amide bonds. The fraction of sp³-hybridized carbons (Fsp3) is 0.367. The number of anilines is 2. The molecule has 4 aromatic rings. The van der Waals surface area contributed by atoms with Gasteiger partial charge in [0.05, 0.1) is 34.9 Å². The van der Waals surface area contributed by atoms with E-state index in [1.807, 2.05) is 13.8 Å². The van der Waals surface area contributed by atoms with Crippen LogP contribution < -0.4 is 5.32 Å². The van der Waals surface area contributed by atoms with Crippen LogP contribution in [0.1, 0.15) is 25.8 Å². The zero-order valence-corrected chi connectivity index (χ0v) is 26.8. The molecule has 1 N–H and O–H groups in total. The predicted octanol–water partition coefficient (Wildman–Crippen LogP) is 4.94. The Hall–Kier alpha value is -3.70. The molecular formula is C30H33F3N6O5S2. The average molecular weight is 679 g/mol. The number of sulfonamides is 1. The third-order valence-corrected chi connectivity index (χ3v) is 10.8.